The van der Waals surface area contributed by atoms with Gasteiger partial charge in [-0.25, -0.2) is 0 Å². The van der Waals surface area contributed by atoms with Crippen LogP contribution in [-0.4, -0.2) is 11.4 Å². The fourth-order valence-electron chi connectivity index (χ4n) is 2.00. The number of benzene rings is 2. The van der Waals surface area contributed by atoms with Gasteiger partial charge in [-0.2, -0.15) is 5.26 Å². The summed E-state index contributed by atoms with van der Waals surface area (Å²) >= 11 is 3.14. The Kier molecular flexibility index (Phi) is 2.99. The van der Waals surface area contributed by atoms with Crippen LogP contribution in [0, 0.1) is 11.3 Å². The van der Waals surface area contributed by atoms with Crippen molar-refractivity contribution in [3.05, 3.63) is 40.4 Å². The second-order valence-corrected chi connectivity index (χ2v) is 5.15. The molecule has 0 unspecified atom stereocenters. The van der Waals surface area contributed by atoms with E-state index in [1.807, 2.05) is 6.07 Å². The normalized spacial score (nSPS) is 14.8. The largest absolute Gasteiger partial charge is 0.586 e. The van der Waals surface area contributed by atoms with E-state index >= 15 is 0 Å². The summed E-state index contributed by atoms with van der Waals surface area (Å²) in [4.78, 5) is 0. The maximum atomic E-state index is 13.0. The summed E-state index contributed by atoms with van der Waals surface area (Å²) in [6, 6.07) is 8.99. The average Bonchev–Trinajstić information content (AvgIpc) is 2.74. The van der Waals surface area contributed by atoms with Crippen LogP contribution in [0.4, 0.5) is 8.78 Å². The van der Waals surface area contributed by atoms with Crippen molar-refractivity contribution >= 4 is 15.9 Å². The second-order valence-electron chi connectivity index (χ2n) is 4.30. The van der Waals surface area contributed by atoms with E-state index < -0.39 is 6.29 Å². The van der Waals surface area contributed by atoms with Gasteiger partial charge in [-0.05, 0) is 45.8 Å². The number of hydrogen-bond acceptors (Lipinski definition) is 4. The topological polar surface area (TPSA) is 62.5 Å². The van der Waals surface area contributed by atoms with E-state index in [0.717, 1.165) is 0 Å². The Hall–Kier alpha value is -2.33. The van der Waals surface area contributed by atoms with E-state index in [0.29, 0.717) is 21.2 Å². The van der Waals surface area contributed by atoms with Crippen LogP contribution in [0.5, 0.6) is 17.2 Å². The number of rotatable bonds is 1. The minimum absolute atomic E-state index is 0.0845. The summed E-state index contributed by atoms with van der Waals surface area (Å²) in [5.74, 6) is -0.311. The molecule has 4 nitrogen and oxygen atoms in total. The monoisotopic (exact) mass is 353 g/mol. The third-order valence-corrected chi connectivity index (χ3v) is 3.51. The smallest absolute Gasteiger partial charge is 0.506 e. The standard InChI is InChI=1S/C14H6BrF2NO3/c15-10-4-7(6-18)3-9(13(10)19)8-1-2-11-12(5-8)21-14(16,17)20-11/h1-5,19H. The SMILES string of the molecule is N#Cc1cc(Br)c(O)c(-c2ccc3c(c2)OC(F)(F)O3)c1. The first kappa shape index (κ1) is 13.6. The molecule has 0 saturated heterocycles. The van der Waals surface area contributed by atoms with Crippen LogP contribution in [0.1, 0.15) is 5.56 Å². The van der Waals surface area contributed by atoms with Crippen molar-refractivity contribution in [2.75, 3.05) is 0 Å². The zero-order valence-electron chi connectivity index (χ0n) is 10.2. The van der Waals surface area contributed by atoms with E-state index in [1.165, 1.54) is 30.3 Å². The summed E-state index contributed by atoms with van der Waals surface area (Å²) < 4.78 is 35.0. The molecule has 0 saturated carbocycles. The van der Waals surface area contributed by atoms with Gasteiger partial charge in [0.15, 0.2) is 11.5 Å². The molecule has 2 aromatic carbocycles. The molecule has 0 radical (unpaired) electrons. The lowest BCUT2D eigenvalue weighted by Gasteiger charge is -2.08. The summed E-state index contributed by atoms with van der Waals surface area (Å²) in [5.41, 5.74) is 1.06. The molecule has 0 aromatic heterocycles. The summed E-state index contributed by atoms with van der Waals surface area (Å²) in [6.07, 6.45) is -3.70. The Morgan fingerprint density at radius 3 is 2.57 bits per heavy atom. The lowest BCUT2D eigenvalue weighted by Crippen LogP contribution is -2.25. The molecule has 1 N–H and O–H groups in total. The zero-order valence-corrected chi connectivity index (χ0v) is 11.8. The molecule has 21 heavy (non-hydrogen) atoms. The number of hydrogen-bond donors (Lipinski definition) is 1. The highest BCUT2D eigenvalue weighted by Gasteiger charge is 2.43. The van der Waals surface area contributed by atoms with Gasteiger partial charge in [-0.15, -0.1) is 8.78 Å². The molecule has 0 bridgehead atoms. The van der Waals surface area contributed by atoms with Crippen LogP contribution in [0.25, 0.3) is 11.1 Å². The van der Waals surface area contributed by atoms with Gasteiger partial charge in [-0.1, -0.05) is 6.07 Å². The number of nitriles is 1. The molecule has 1 aliphatic heterocycles. The molecule has 1 aliphatic rings. The van der Waals surface area contributed by atoms with E-state index in [2.05, 4.69) is 25.4 Å². The first-order valence-electron chi connectivity index (χ1n) is 5.72. The predicted octanol–water partition coefficient (Wildman–Crippen LogP) is 4.01. The number of halogens is 3. The lowest BCUT2D eigenvalue weighted by molar-refractivity contribution is -0.286. The molecule has 1 heterocycles. The molecular formula is C14H6BrF2NO3. The van der Waals surface area contributed by atoms with Crippen LogP contribution in [0.15, 0.2) is 34.8 Å². The summed E-state index contributed by atoms with van der Waals surface area (Å²) in [6.45, 7) is 0. The molecule has 0 atom stereocenters. The fourth-order valence-corrected chi connectivity index (χ4v) is 2.46. The number of aromatic hydroxyl groups is 1. The van der Waals surface area contributed by atoms with Gasteiger partial charge in [0, 0.05) is 5.56 Å². The minimum Gasteiger partial charge on any atom is -0.506 e. The Balaban J connectivity index is 2.12. The van der Waals surface area contributed by atoms with Crippen molar-refractivity contribution in [1.29, 1.82) is 5.26 Å². The number of alkyl halides is 2. The lowest BCUT2D eigenvalue weighted by atomic mass is 10.0. The van der Waals surface area contributed by atoms with Crippen molar-refractivity contribution in [2.45, 2.75) is 6.29 Å². The van der Waals surface area contributed by atoms with Gasteiger partial charge in [-0.3, -0.25) is 0 Å². The molecule has 0 spiro atoms. The number of phenols is 1. The minimum atomic E-state index is -3.70. The molecule has 0 aliphatic carbocycles. The third kappa shape index (κ3) is 2.38. The third-order valence-electron chi connectivity index (χ3n) is 2.90. The van der Waals surface area contributed by atoms with Gasteiger partial charge < -0.3 is 14.6 Å². The predicted molar refractivity (Wildman–Crippen MR) is 72.2 cm³/mol. The first-order valence-corrected chi connectivity index (χ1v) is 6.52. The maximum absolute atomic E-state index is 13.0. The number of fused-ring (bicyclic) bond motifs is 1. The molecule has 7 heteroatoms. The molecular weight excluding hydrogens is 348 g/mol. The van der Waals surface area contributed by atoms with Gasteiger partial charge >= 0.3 is 6.29 Å². The van der Waals surface area contributed by atoms with Crippen LogP contribution < -0.4 is 9.47 Å². The zero-order chi connectivity index (χ0) is 15.2. The quantitative estimate of drug-likeness (QED) is 0.841. The number of ether oxygens (including phenoxy) is 2. The maximum Gasteiger partial charge on any atom is 0.586 e. The Bertz CT molecular complexity index is 787. The molecule has 2 aromatic rings. The van der Waals surface area contributed by atoms with E-state index in [1.54, 1.807) is 0 Å². The Labute approximate surface area is 126 Å². The van der Waals surface area contributed by atoms with Crippen molar-refractivity contribution in [1.82, 2.24) is 0 Å². The average molecular weight is 354 g/mol. The van der Waals surface area contributed by atoms with Crippen LogP contribution >= 0.6 is 15.9 Å². The van der Waals surface area contributed by atoms with E-state index in [4.69, 9.17) is 5.26 Å². The van der Waals surface area contributed by atoms with E-state index in [9.17, 15) is 13.9 Å². The van der Waals surface area contributed by atoms with Gasteiger partial charge in [0.2, 0.25) is 0 Å². The van der Waals surface area contributed by atoms with Crippen molar-refractivity contribution in [2.24, 2.45) is 0 Å². The first-order chi connectivity index (χ1) is 9.89. The fraction of sp³-hybridized carbons (Fsp3) is 0.0714. The highest BCUT2D eigenvalue weighted by atomic mass is 79.9. The Morgan fingerprint density at radius 2 is 1.86 bits per heavy atom. The van der Waals surface area contributed by atoms with Gasteiger partial charge in [0.05, 0.1) is 16.1 Å². The molecule has 0 fully saturated rings. The van der Waals surface area contributed by atoms with Crippen LogP contribution in [-0.2, 0) is 0 Å². The molecule has 0 amide bonds. The van der Waals surface area contributed by atoms with Crippen molar-refractivity contribution in [3.63, 3.8) is 0 Å². The van der Waals surface area contributed by atoms with Crippen LogP contribution in [0.2, 0.25) is 0 Å². The summed E-state index contributed by atoms with van der Waals surface area (Å²) in [5, 5.41) is 19.0. The van der Waals surface area contributed by atoms with Gasteiger partial charge in [0.1, 0.15) is 5.75 Å². The highest BCUT2D eigenvalue weighted by molar-refractivity contribution is 9.10. The highest BCUT2D eigenvalue weighted by Crippen LogP contribution is 2.45. The van der Waals surface area contributed by atoms with Crippen molar-refractivity contribution < 1.29 is 23.4 Å². The number of phenolic OH excluding ortho intramolecular Hbond substituents is 1. The molecule has 3 rings (SSSR count). The Morgan fingerprint density at radius 1 is 1.14 bits per heavy atom. The van der Waals surface area contributed by atoms with Crippen LogP contribution in [0.3, 0.4) is 0 Å². The number of nitrogens with zero attached hydrogens (tertiary/aromatic N) is 1. The van der Waals surface area contributed by atoms with E-state index in [-0.39, 0.29) is 17.2 Å². The molecule has 106 valence electrons. The van der Waals surface area contributed by atoms with Crippen molar-refractivity contribution in [3.8, 4) is 34.4 Å². The second kappa shape index (κ2) is 4.60. The van der Waals surface area contributed by atoms with Gasteiger partial charge in [0.25, 0.3) is 0 Å². The summed E-state index contributed by atoms with van der Waals surface area (Å²) in [7, 11) is 0.